The molecule has 1 aliphatic heterocycles. The van der Waals surface area contributed by atoms with E-state index in [1.165, 1.54) is 25.9 Å². The van der Waals surface area contributed by atoms with Gasteiger partial charge < -0.3 is 9.80 Å². The van der Waals surface area contributed by atoms with E-state index in [2.05, 4.69) is 41.1 Å². The number of likely N-dealkylation sites (N-methyl/N-ethyl adjacent to an activating group) is 1. The molecule has 6 nitrogen and oxygen atoms in total. The van der Waals surface area contributed by atoms with E-state index >= 15 is 0 Å². The molecule has 0 bridgehead atoms. The third kappa shape index (κ3) is 3.30. The first kappa shape index (κ1) is 13.5. The molecule has 100 valence electrons. The van der Waals surface area contributed by atoms with Crippen LogP contribution in [0.2, 0.25) is 0 Å². The second-order valence-electron chi connectivity index (χ2n) is 4.48. The van der Waals surface area contributed by atoms with Gasteiger partial charge >= 0.3 is 0 Å². The molecule has 1 fully saturated rings. The molecule has 2 heterocycles. The van der Waals surface area contributed by atoms with Crippen LogP contribution in [0.3, 0.4) is 0 Å². The van der Waals surface area contributed by atoms with Crippen molar-refractivity contribution in [1.82, 2.24) is 14.9 Å². The van der Waals surface area contributed by atoms with E-state index < -0.39 is 0 Å². The Morgan fingerprint density at radius 3 is 2.89 bits per heavy atom. The number of anilines is 2. The summed E-state index contributed by atoms with van der Waals surface area (Å²) in [7, 11) is 2.03. The minimum absolute atomic E-state index is 0.432. The van der Waals surface area contributed by atoms with Crippen molar-refractivity contribution in [3.63, 3.8) is 0 Å². The minimum Gasteiger partial charge on any atom is -0.357 e. The molecule has 0 aromatic carbocycles. The lowest BCUT2D eigenvalue weighted by atomic mass is 10.4. The SMILES string of the molecule is CN(CCN1CCCC1)c1nc(NN)ncc1Br. The molecule has 1 saturated heterocycles. The van der Waals surface area contributed by atoms with Gasteiger partial charge in [0.05, 0.1) is 4.47 Å². The summed E-state index contributed by atoms with van der Waals surface area (Å²) in [4.78, 5) is 13.0. The fraction of sp³-hybridized carbons (Fsp3) is 0.636. The van der Waals surface area contributed by atoms with Crippen LogP contribution in [0.25, 0.3) is 0 Å². The highest BCUT2D eigenvalue weighted by atomic mass is 79.9. The molecule has 3 N–H and O–H groups in total. The third-order valence-corrected chi connectivity index (χ3v) is 3.73. The molecular weight excluding hydrogens is 296 g/mol. The monoisotopic (exact) mass is 314 g/mol. The van der Waals surface area contributed by atoms with Crippen LogP contribution in [0.5, 0.6) is 0 Å². The van der Waals surface area contributed by atoms with E-state index in [0.717, 1.165) is 23.4 Å². The normalized spacial score (nSPS) is 15.9. The number of hydrogen-bond donors (Lipinski definition) is 2. The highest BCUT2D eigenvalue weighted by molar-refractivity contribution is 9.10. The molecule has 0 atom stereocenters. The first-order chi connectivity index (χ1) is 8.70. The third-order valence-electron chi connectivity index (χ3n) is 3.17. The number of likely N-dealkylation sites (tertiary alicyclic amines) is 1. The van der Waals surface area contributed by atoms with Gasteiger partial charge in [-0.1, -0.05) is 0 Å². The van der Waals surface area contributed by atoms with Gasteiger partial charge in [-0.05, 0) is 41.9 Å². The van der Waals surface area contributed by atoms with Crippen LogP contribution in [0.4, 0.5) is 11.8 Å². The van der Waals surface area contributed by atoms with Crippen molar-refractivity contribution < 1.29 is 0 Å². The molecule has 1 aromatic rings. The van der Waals surface area contributed by atoms with Crippen molar-refractivity contribution in [2.45, 2.75) is 12.8 Å². The number of hydrogen-bond acceptors (Lipinski definition) is 6. The van der Waals surface area contributed by atoms with E-state index in [4.69, 9.17) is 5.84 Å². The summed E-state index contributed by atoms with van der Waals surface area (Å²) in [6.07, 6.45) is 4.36. The van der Waals surface area contributed by atoms with Crippen LogP contribution in [0, 0.1) is 0 Å². The molecule has 0 spiro atoms. The van der Waals surface area contributed by atoms with Crippen LogP contribution in [-0.2, 0) is 0 Å². The molecule has 2 rings (SSSR count). The van der Waals surface area contributed by atoms with Crippen molar-refractivity contribution in [1.29, 1.82) is 0 Å². The number of nitrogens with zero attached hydrogens (tertiary/aromatic N) is 4. The van der Waals surface area contributed by atoms with Crippen LogP contribution >= 0.6 is 15.9 Å². The Morgan fingerprint density at radius 1 is 1.50 bits per heavy atom. The zero-order valence-corrected chi connectivity index (χ0v) is 12.2. The van der Waals surface area contributed by atoms with E-state index in [-0.39, 0.29) is 0 Å². The fourth-order valence-corrected chi connectivity index (χ4v) is 2.59. The Hall–Kier alpha value is -0.920. The number of rotatable bonds is 5. The first-order valence-electron chi connectivity index (χ1n) is 6.13. The van der Waals surface area contributed by atoms with Crippen LogP contribution in [0.1, 0.15) is 12.8 Å². The van der Waals surface area contributed by atoms with E-state index in [0.29, 0.717) is 5.95 Å². The summed E-state index contributed by atoms with van der Waals surface area (Å²) in [5.41, 5.74) is 2.47. The highest BCUT2D eigenvalue weighted by Crippen LogP contribution is 2.23. The molecule has 18 heavy (non-hydrogen) atoms. The number of nitrogens with two attached hydrogens (primary N) is 1. The molecular formula is C11H19BrN6. The van der Waals surface area contributed by atoms with Crippen LogP contribution in [0.15, 0.2) is 10.7 Å². The number of halogens is 1. The van der Waals surface area contributed by atoms with Crippen molar-refractivity contribution in [2.75, 3.05) is 43.6 Å². The number of hydrazine groups is 1. The summed E-state index contributed by atoms with van der Waals surface area (Å²) in [6, 6.07) is 0. The van der Waals surface area contributed by atoms with Gasteiger partial charge in [-0.3, -0.25) is 5.43 Å². The predicted molar refractivity (Wildman–Crippen MR) is 76.5 cm³/mol. The zero-order chi connectivity index (χ0) is 13.0. The number of aromatic nitrogens is 2. The van der Waals surface area contributed by atoms with Gasteiger partial charge in [0.1, 0.15) is 5.82 Å². The van der Waals surface area contributed by atoms with Crippen molar-refractivity contribution in [2.24, 2.45) is 5.84 Å². The lowest BCUT2D eigenvalue weighted by Crippen LogP contribution is -2.32. The summed E-state index contributed by atoms with van der Waals surface area (Å²) in [6.45, 7) is 4.45. The second-order valence-corrected chi connectivity index (χ2v) is 5.33. The topological polar surface area (TPSA) is 70.3 Å². The van der Waals surface area contributed by atoms with Gasteiger partial charge in [-0.2, -0.15) is 4.98 Å². The van der Waals surface area contributed by atoms with Gasteiger partial charge in [-0.25, -0.2) is 10.8 Å². The summed E-state index contributed by atoms with van der Waals surface area (Å²) in [5, 5.41) is 0. The van der Waals surface area contributed by atoms with Crippen LogP contribution in [-0.4, -0.2) is 48.1 Å². The predicted octanol–water partition coefficient (Wildman–Crippen LogP) is 1.06. The van der Waals surface area contributed by atoms with Gasteiger partial charge in [0.2, 0.25) is 5.95 Å². The molecule has 0 aliphatic carbocycles. The van der Waals surface area contributed by atoms with E-state index in [1.54, 1.807) is 6.20 Å². The molecule has 0 saturated carbocycles. The quantitative estimate of drug-likeness (QED) is 0.625. The lowest BCUT2D eigenvalue weighted by Gasteiger charge is -2.23. The maximum absolute atomic E-state index is 5.33. The molecule has 0 radical (unpaired) electrons. The Kier molecular flexibility index (Phi) is 4.73. The first-order valence-corrected chi connectivity index (χ1v) is 6.92. The van der Waals surface area contributed by atoms with Crippen LogP contribution < -0.4 is 16.2 Å². The van der Waals surface area contributed by atoms with E-state index in [1.807, 2.05) is 7.05 Å². The maximum Gasteiger partial charge on any atom is 0.239 e. The lowest BCUT2D eigenvalue weighted by molar-refractivity contribution is 0.346. The molecule has 0 unspecified atom stereocenters. The largest absolute Gasteiger partial charge is 0.357 e. The summed E-state index contributed by atoms with van der Waals surface area (Å²) >= 11 is 3.46. The molecule has 1 aliphatic rings. The standard InChI is InChI=1S/C11H19BrN6/c1-17(6-7-18-4-2-3-5-18)10-9(12)8-14-11(15-10)16-13/h8H,2-7,13H2,1H3,(H,14,15,16). The Morgan fingerprint density at radius 2 is 2.22 bits per heavy atom. The highest BCUT2D eigenvalue weighted by Gasteiger charge is 2.14. The Bertz CT molecular complexity index is 393. The number of nitrogen functional groups attached to an aromatic ring is 1. The molecule has 0 amide bonds. The number of nitrogens with one attached hydrogen (secondary N) is 1. The maximum atomic E-state index is 5.33. The van der Waals surface area contributed by atoms with Gasteiger partial charge in [0.15, 0.2) is 0 Å². The smallest absolute Gasteiger partial charge is 0.239 e. The molecule has 7 heteroatoms. The average molecular weight is 315 g/mol. The summed E-state index contributed by atoms with van der Waals surface area (Å²) in [5.74, 6) is 6.62. The van der Waals surface area contributed by atoms with Gasteiger partial charge in [0.25, 0.3) is 0 Å². The minimum atomic E-state index is 0.432. The van der Waals surface area contributed by atoms with E-state index in [9.17, 15) is 0 Å². The van der Waals surface area contributed by atoms with Crippen molar-refractivity contribution in [3.05, 3.63) is 10.7 Å². The fourth-order valence-electron chi connectivity index (χ4n) is 2.10. The van der Waals surface area contributed by atoms with Gasteiger partial charge in [0, 0.05) is 26.3 Å². The zero-order valence-electron chi connectivity index (χ0n) is 10.6. The summed E-state index contributed by atoms with van der Waals surface area (Å²) < 4.78 is 0.880. The average Bonchev–Trinajstić information content (AvgIpc) is 2.89. The van der Waals surface area contributed by atoms with Gasteiger partial charge in [-0.15, -0.1) is 0 Å². The Balaban J connectivity index is 1.96. The molecule has 1 aromatic heterocycles. The second kappa shape index (κ2) is 6.31. The van der Waals surface area contributed by atoms with Crippen molar-refractivity contribution >= 4 is 27.7 Å². The Labute approximate surface area is 116 Å². The van der Waals surface area contributed by atoms with Crippen molar-refractivity contribution in [3.8, 4) is 0 Å².